The van der Waals surface area contributed by atoms with Crippen molar-refractivity contribution in [3.05, 3.63) is 35.4 Å². The van der Waals surface area contributed by atoms with Gasteiger partial charge in [0.1, 0.15) is 5.60 Å². The normalized spacial score (nSPS) is 20.1. The second kappa shape index (κ2) is 6.98. The summed E-state index contributed by atoms with van der Waals surface area (Å²) in [7, 11) is 1.25. The van der Waals surface area contributed by atoms with Crippen molar-refractivity contribution in [3.8, 4) is 0 Å². The smallest absolute Gasteiger partial charge is 0.410 e. The molecule has 0 saturated carbocycles. The Morgan fingerprint density at radius 3 is 2.32 bits per heavy atom. The number of benzene rings is 1. The molecule has 138 valence electrons. The number of esters is 1. The van der Waals surface area contributed by atoms with Crippen LogP contribution in [0.5, 0.6) is 0 Å². The monoisotopic (exact) mass is 355 g/mol. The molecule has 1 aliphatic heterocycles. The number of alkyl halides is 2. The van der Waals surface area contributed by atoms with Crippen molar-refractivity contribution in [1.82, 2.24) is 4.90 Å². The minimum absolute atomic E-state index is 0.0569. The lowest BCUT2D eigenvalue weighted by Gasteiger charge is -2.39. The molecule has 1 atom stereocenters. The van der Waals surface area contributed by atoms with Gasteiger partial charge in [-0.2, -0.15) is 0 Å². The first kappa shape index (κ1) is 19.1. The second-order valence-electron chi connectivity index (χ2n) is 7.10. The molecule has 1 amide bonds. The molecule has 2 rings (SSSR count). The lowest BCUT2D eigenvalue weighted by Crippen LogP contribution is -2.49. The van der Waals surface area contributed by atoms with Crippen LogP contribution in [0, 0.1) is 0 Å². The summed E-state index contributed by atoms with van der Waals surface area (Å²) in [5, 5.41) is 0. The van der Waals surface area contributed by atoms with Gasteiger partial charge in [0.15, 0.2) is 0 Å². The van der Waals surface area contributed by atoms with E-state index < -0.39 is 35.9 Å². The van der Waals surface area contributed by atoms with Gasteiger partial charge in [0.2, 0.25) is 0 Å². The van der Waals surface area contributed by atoms with Crippen LogP contribution in [0.1, 0.15) is 49.0 Å². The summed E-state index contributed by atoms with van der Waals surface area (Å²) in [6, 6.07) is 5.85. The van der Waals surface area contributed by atoms with Crippen LogP contribution in [-0.2, 0) is 9.47 Å². The van der Waals surface area contributed by atoms with Crippen molar-refractivity contribution in [1.29, 1.82) is 0 Å². The summed E-state index contributed by atoms with van der Waals surface area (Å²) in [5.41, 5.74) is -0.0328. The van der Waals surface area contributed by atoms with Crippen LogP contribution in [0.2, 0.25) is 0 Å². The highest BCUT2D eigenvalue weighted by Crippen LogP contribution is 2.40. The number of hydrogen-bond donors (Lipinski definition) is 0. The maximum Gasteiger partial charge on any atom is 0.410 e. The predicted octanol–water partition coefficient (Wildman–Crippen LogP) is 3.83. The van der Waals surface area contributed by atoms with Gasteiger partial charge >= 0.3 is 12.1 Å². The number of carbonyl (C=O) groups excluding carboxylic acids is 2. The number of rotatable bonds is 2. The molecule has 0 spiro atoms. The van der Waals surface area contributed by atoms with Crippen LogP contribution in [0.15, 0.2) is 24.3 Å². The van der Waals surface area contributed by atoms with E-state index in [1.165, 1.54) is 36.3 Å². The van der Waals surface area contributed by atoms with Gasteiger partial charge in [0, 0.05) is 19.5 Å². The van der Waals surface area contributed by atoms with Gasteiger partial charge in [0.05, 0.1) is 18.6 Å². The average molecular weight is 355 g/mol. The third-order valence-corrected chi connectivity index (χ3v) is 4.01. The van der Waals surface area contributed by atoms with E-state index >= 15 is 0 Å². The predicted molar refractivity (Wildman–Crippen MR) is 87.9 cm³/mol. The Labute approximate surface area is 145 Å². The Bertz CT molecular complexity index is 637. The number of halogens is 2. The molecule has 1 heterocycles. The number of methoxy groups -OCH3 is 1. The van der Waals surface area contributed by atoms with Gasteiger partial charge in [0.25, 0.3) is 5.92 Å². The fraction of sp³-hybridized carbons (Fsp3) is 0.556. The number of carbonyl (C=O) groups is 2. The molecular weight excluding hydrogens is 332 g/mol. The topological polar surface area (TPSA) is 55.8 Å². The summed E-state index contributed by atoms with van der Waals surface area (Å²) in [4.78, 5) is 25.0. The number of hydrogen-bond acceptors (Lipinski definition) is 4. The van der Waals surface area contributed by atoms with Crippen molar-refractivity contribution in [2.45, 2.75) is 44.6 Å². The van der Waals surface area contributed by atoms with Gasteiger partial charge in [-0.15, -0.1) is 0 Å². The van der Waals surface area contributed by atoms with E-state index in [0.717, 1.165) is 0 Å². The lowest BCUT2D eigenvalue weighted by atomic mass is 9.87. The number of likely N-dealkylation sites (tertiary alicyclic amines) is 1. The molecule has 1 fully saturated rings. The van der Waals surface area contributed by atoms with Crippen molar-refractivity contribution in [2.24, 2.45) is 0 Å². The standard InChI is InChI=1S/C18H23F2NO4/c1-17(2,3)25-16(23)21-10-9-18(19,20)14(11-21)12-5-7-13(8-6-12)15(22)24-4/h5-8,14H,9-11H2,1-4H3. The fourth-order valence-electron chi connectivity index (χ4n) is 2.71. The largest absolute Gasteiger partial charge is 0.465 e. The van der Waals surface area contributed by atoms with E-state index in [1.807, 2.05) is 0 Å². The molecule has 1 aliphatic rings. The fourth-order valence-corrected chi connectivity index (χ4v) is 2.71. The van der Waals surface area contributed by atoms with E-state index in [1.54, 1.807) is 20.8 Å². The number of piperidine rings is 1. The number of nitrogens with zero attached hydrogens (tertiary/aromatic N) is 1. The molecule has 5 nitrogen and oxygen atoms in total. The summed E-state index contributed by atoms with van der Waals surface area (Å²) >= 11 is 0. The minimum atomic E-state index is -2.94. The molecule has 1 saturated heterocycles. The van der Waals surface area contributed by atoms with E-state index in [0.29, 0.717) is 5.56 Å². The van der Waals surface area contributed by atoms with E-state index in [4.69, 9.17) is 4.74 Å². The highest BCUT2D eigenvalue weighted by atomic mass is 19.3. The lowest BCUT2D eigenvalue weighted by molar-refractivity contribution is -0.0770. The highest BCUT2D eigenvalue weighted by Gasteiger charge is 2.46. The molecule has 1 aromatic carbocycles. The third-order valence-electron chi connectivity index (χ3n) is 4.01. The minimum Gasteiger partial charge on any atom is -0.465 e. The van der Waals surface area contributed by atoms with Crippen molar-refractivity contribution in [3.63, 3.8) is 0 Å². The van der Waals surface area contributed by atoms with Gasteiger partial charge in [-0.1, -0.05) is 12.1 Å². The van der Waals surface area contributed by atoms with Crippen LogP contribution in [-0.4, -0.2) is 48.7 Å². The Balaban J connectivity index is 2.19. The summed E-state index contributed by atoms with van der Waals surface area (Å²) in [6.45, 7) is 4.99. The van der Waals surface area contributed by atoms with Gasteiger partial charge in [-0.05, 0) is 38.5 Å². The molecule has 0 aliphatic carbocycles. The molecule has 0 radical (unpaired) electrons. The van der Waals surface area contributed by atoms with Crippen LogP contribution < -0.4 is 0 Å². The van der Waals surface area contributed by atoms with E-state index in [-0.39, 0.29) is 18.7 Å². The molecule has 1 aromatic rings. The first-order chi connectivity index (χ1) is 11.5. The maximum absolute atomic E-state index is 14.4. The zero-order valence-corrected chi connectivity index (χ0v) is 14.8. The van der Waals surface area contributed by atoms with Crippen molar-refractivity contribution in [2.75, 3.05) is 20.2 Å². The average Bonchev–Trinajstić information content (AvgIpc) is 2.52. The third kappa shape index (κ3) is 4.67. The number of ether oxygens (including phenoxy) is 2. The zero-order valence-electron chi connectivity index (χ0n) is 14.8. The Morgan fingerprint density at radius 2 is 1.80 bits per heavy atom. The van der Waals surface area contributed by atoms with E-state index in [2.05, 4.69) is 4.74 Å². The van der Waals surface area contributed by atoms with Crippen LogP contribution in [0.3, 0.4) is 0 Å². The first-order valence-corrected chi connectivity index (χ1v) is 8.07. The van der Waals surface area contributed by atoms with Crippen LogP contribution in [0.25, 0.3) is 0 Å². The summed E-state index contributed by atoms with van der Waals surface area (Å²) < 4.78 is 38.6. The summed E-state index contributed by atoms with van der Waals surface area (Å²) in [6.07, 6.45) is -1.03. The zero-order chi connectivity index (χ0) is 18.8. The summed E-state index contributed by atoms with van der Waals surface area (Å²) in [5.74, 6) is -4.62. The Morgan fingerprint density at radius 1 is 1.20 bits per heavy atom. The van der Waals surface area contributed by atoms with Gasteiger partial charge < -0.3 is 14.4 Å². The molecule has 25 heavy (non-hydrogen) atoms. The first-order valence-electron chi connectivity index (χ1n) is 8.07. The molecule has 1 unspecified atom stereocenters. The maximum atomic E-state index is 14.4. The molecule has 7 heteroatoms. The number of amides is 1. The quantitative estimate of drug-likeness (QED) is 0.757. The molecular formula is C18H23F2NO4. The van der Waals surface area contributed by atoms with E-state index in [9.17, 15) is 18.4 Å². The van der Waals surface area contributed by atoms with Crippen molar-refractivity contribution < 1.29 is 27.8 Å². The molecule has 0 bridgehead atoms. The molecule has 0 N–H and O–H groups in total. The van der Waals surface area contributed by atoms with Gasteiger partial charge in [-0.3, -0.25) is 0 Å². The van der Waals surface area contributed by atoms with Crippen molar-refractivity contribution >= 4 is 12.1 Å². The van der Waals surface area contributed by atoms with Gasteiger partial charge in [-0.25, -0.2) is 18.4 Å². The second-order valence-corrected chi connectivity index (χ2v) is 7.10. The van der Waals surface area contributed by atoms with Crippen LogP contribution >= 0.6 is 0 Å². The molecule has 0 aromatic heterocycles. The Kier molecular flexibility index (Phi) is 5.34. The SMILES string of the molecule is COC(=O)c1ccc(C2CN(C(=O)OC(C)(C)C)CCC2(F)F)cc1. The van der Waals surface area contributed by atoms with Crippen LogP contribution in [0.4, 0.5) is 13.6 Å². The highest BCUT2D eigenvalue weighted by molar-refractivity contribution is 5.89. The Hall–Kier alpha value is -2.18.